The maximum Gasteiger partial charge on any atom is 0.141 e. The van der Waals surface area contributed by atoms with E-state index in [1.807, 2.05) is 19.1 Å². The molecule has 20 heavy (non-hydrogen) atoms. The summed E-state index contributed by atoms with van der Waals surface area (Å²) < 4.78 is 14.2. The molecule has 5 heteroatoms. The predicted octanol–water partition coefficient (Wildman–Crippen LogP) is 4.30. The van der Waals surface area contributed by atoms with E-state index < -0.39 is 5.82 Å². The molecule has 0 aliphatic heterocycles. The van der Waals surface area contributed by atoms with Crippen LogP contribution in [0.15, 0.2) is 40.9 Å². The smallest absolute Gasteiger partial charge is 0.141 e. The highest BCUT2D eigenvalue weighted by Gasteiger charge is 2.13. The maximum absolute atomic E-state index is 13.2. The van der Waals surface area contributed by atoms with Crippen LogP contribution >= 0.6 is 27.5 Å². The first kappa shape index (κ1) is 15.4. The average molecular weight is 358 g/mol. The van der Waals surface area contributed by atoms with Crippen molar-refractivity contribution in [2.75, 3.05) is 0 Å². The molecule has 3 N–H and O–H groups in total. The van der Waals surface area contributed by atoms with Crippen molar-refractivity contribution in [3.8, 4) is 0 Å². The van der Waals surface area contributed by atoms with Gasteiger partial charge >= 0.3 is 0 Å². The van der Waals surface area contributed by atoms with Crippen LogP contribution in [0, 0.1) is 12.7 Å². The van der Waals surface area contributed by atoms with Gasteiger partial charge in [0.15, 0.2) is 0 Å². The summed E-state index contributed by atoms with van der Waals surface area (Å²) in [5, 5.41) is 0.128. The Kier molecular flexibility index (Phi) is 5.16. The third-order valence-corrected chi connectivity index (χ3v) is 3.84. The van der Waals surface area contributed by atoms with Crippen molar-refractivity contribution in [1.82, 2.24) is 5.43 Å². The monoisotopic (exact) mass is 356 g/mol. The summed E-state index contributed by atoms with van der Waals surface area (Å²) in [6.45, 7) is 2.02. The fourth-order valence-corrected chi connectivity index (χ4v) is 2.97. The minimum atomic E-state index is -0.411. The normalized spacial score (nSPS) is 12.4. The van der Waals surface area contributed by atoms with E-state index in [4.69, 9.17) is 17.4 Å². The van der Waals surface area contributed by atoms with Gasteiger partial charge in [0.1, 0.15) is 5.82 Å². The molecule has 0 saturated heterocycles. The van der Waals surface area contributed by atoms with Crippen molar-refractivity contribution in [3.63, 3.8) is 0 Å². The Hall–Kier alpha value is -0.940. The predicted molar refractivity (Wildman–Crippen MR) is 84.1 cm³/mol. The molecular weight excluding hydrogens is 343 g/mol. The summed E-state index contributed by atoms with van der Waals surface area (Å²) in [7, 11) is 0. The zero-order chi connectivity index (χ0) is 14.7. The average Bonchev–Trinajstić information content (AvgIpc) is 2.38. The molecule has 2 nitrogen and oxygen atoms in total. The Morgan fingerprint density at radius 1 is 1.30 bits per heavy atom. The third-order valence-electron chi connectivity index (χ3n) is 3.09. The highest BCUT2D eigenvalue weighted by Crippen LogP contribution is 2.25. The lowest BCUT2D eigenvalue weighted by molar-refractivity contribution is 0.550. The molecule has 0 heterocycles. The molecule has 1 unspecified atom stereocenters. The number of rotatable bonds is 4. The minimum Gasteiger partial charge on any atom is -0.271 e. The molecule has 0 aliphatic rings. The maximum atomic E-state index is 13.2. The van der Waals surface area contributed by atoms with Crippen molar-refractivity contribution in [3.05, 3.63) is 68.4 Å². The summed E-state index contributed by atoms with van der Waals surface area (Å²) in [6.07, 6.45) is 0.631. The molecule has 2 aromatic rings. The third kappa shape index (κ3) is 3.79. The number of hydrogen-bond acceptors (Lipinski definition) is 2. The molecular formula is C15H15BrClFN2. The molecule has 0 aliphatic carbocycles. The quantitative estimate of drug-likeness (QED) is 0.632. The van der Waals surface area contributed by atoms with Gasteiger partial charge in [0, 0.05) is 4.47 Å². The van der Waals surface area contributed by atoms with Gasteiger partial charge in [-0.05, 0) is 54.3 Å². The Bertz CT molecular complexity index is 599. The number of nitrogens with two attached hydrogens (primary N) is 1. The van der Waals surface area contributed by atoms with Crippen molar-refractivity contribution < 1.29 is 4.39 Å². The van der Waals surface area contributed by atoms with Crippen molar-refractivity contribution >= 4 is 27.5 Å². The van der Waals surface area contributed by atoms with Crippen LogP contribution in [-0.2, 0) is 6.42 Å². The first-order valence-corrected chi connectivity index (χ1v) is 7.34. The molecule has 0 aromatic heterocycles. The highest BCUT2D eigenvalue weighted by atomic mass is 79.9. The van der Waals surface area contributed by atoms with Gasteiger partial charge in [0.05, 0.1) is 11.1 Å². The van der Waals surface area contributed by atoms with Crippen molar-refractivity contribution in [1.29, 1.82) is 0 Å². The molecule has 0 bridgehead atoms. The Balaban J connectivity index is 2.26. The zero-order valence-corrected chi connectivity index (χ0v) is 13.3. The topological polar surface area (TPSA) is 38.0 Å². The van der Waals surface area contributed by atoms with Crippen LogP contribution in [0.5, 0.6) is 0 Å². The lowest BCUT2D eigenvalue weighted by Crippen LogP contribution is -2.29. The molecule has 0 amide bonds. The highest BCUT2D eigenvalue weighted by molar-refractivity contribution is 9.10. The van der Waals surface area contributed by atoms with Gasteiger partial charge in [-0.15, -0.1) is 0 Å². The second-order valence-electron chi connectivity index (χ2n) is 4.73. The van der Waals surface area contributed by atoms with E-state index in [-0.39, 0.29) is 11.1 Å². The Morgan fingerprint density at radius 3 is 2.65 bits per heavy atom. The lowest BCUT2D eigenvalue weighted by Gasteiger charge is -2.18. The lowest BCUT2D eigenvalue weighted by atomic mass is 9.98. The van der Waals surface area contributed by atoms with Crippen LogP contribution in [0.3, 0.4) is 0 Å². The Morgan fingerprint density at radius 2 is 2.05 bits per heavy atom. The molecule has 0 saturated carbocycles. The number of hydrazine groups is 1. The number of halogens is 3. The summed E-state index contributed by atoms with van der Waals surface area (Å²) in [5.41, 5.74) is 5.94. The van der Waals surface area contributed by atoms with Crippen LogP contribution in [0.2, 0.25) is 5.02 Å². The second-order valence-corrected chi connectivity index (χ2v) is 6.06. The summed E-state index contributed by atoms with van der Waals surface area (Å²) >= 11 is 9.28. The van der Waals surface area contributed by atoms with Gasteiger partial charge in [0.25, 0.3) is 0 Å². The summed E-state index contributed by atoms with van der Waals surface area (Å²) in [5.74, 6) is 5.24. The van der Waals surface area contributed by atoms with Crippen LogP contribution in [-0.4, -0.2) is 0 Å². The number of hydrogen-bond donors (Lipinski definition) is 2. The second kappa shape index (κ2) is 6.68. The molecule has 0 radical (unpaired) electrons. The van der Waals surface area contributed by atoms with E-state index >= 15 is 0 Å². The van der Waals surface area contributed by atoms with Gasteiger partial charge < -0.3 is 0 Å². The van der Waals surface area contributed by atoms with Gasteiger partial charge in [0.2, 0.25) is 0 Å². The SMILES string of the molecule is Cc1cc(Br)cc(C(Cc2ccc(F)c(Cl)c2)NN)c1. The first-order valence-electron chi connectivity index (χ1n) is 6.16. The van der Waals surface area contributed by atoms with Crippen LogP contribution in [0.4, 0.5) is 4.39 Å². The number of nitrogens with one attached hydrogen (secondary N) is 1. The van der Waals surface area contributed by atoms with Crippen molar-refractivity contribution in [2.45, 2.75) is 19.4 Å². The fourth-order valence-electron chi connectivity index (χ4n) is 2.14. The molecule has 106 valence electrons. The molecule has 2 aromatic carbocycles. The van der Waals surface area contributed by atoms with E-state index in [0.717, 1.165) is 21.2 Å². The summed E-state index contributed by atoms with van der Waals surface area (Å²) in [4.78, 5) is 0. The van der Waals surface area contributed by atoms with Gasteiger partial charge in [-0.25, -0.2) is 4.39 Å². The van der Waals surface area contributed by atoms with E-state index in [1.54, 1.807) is 12.1 Å². The van der Waals surface area contributed by atoms with Gasteiger partial charge in [-0.2, -0.15) is 0 Å². The van der Waals surface area contributed by atoms with Gasteiger partial charge in [-0.1, -0.05) is 39.7 Å². The molecule has 0 spiro atoms. The molecule has 1 atom stereocenters. The van der Waals surface area contributed by atoms with Gasteiger partial charge in [-0.3, -0.25) is 11.3 Å². The first-order chi connectivity index (χ1) is 9.49. The standard InChI is InChI=1S/C15H15BrClFN2/c1-9-4-11(8-12(16)5-9)15(20-19)7-10-2-3-14(18)13(17)6-10/h2-6,8,15,20H,7,19H2,1H3. The fraction of sp³-hybridized carbons (Fsp3) is 0.200. The van der Waals surface area contributed by atoms with Crippen molar-refractivity contribution in [2.24, 2.45) is 5.84 Å². The molecule has 2 rings (SSSR count). The van der Waals surface area contributed by atoms with Crippen LogP contribution in [0.1, 0.15) is 22.7 Å². The minimum absolute atomic E-state index is 0.0623. The van der Waals surface area contributed by atoms with E-state index in [0.29, 0.717) is 6.42 Å². The van der Waals surface area contributed by atoms with Crippen LogP contribution in [0.25, 0.3) is 0 Å². The Labute approximate surface area is 131 Å². The zero-order valence-electron chi connectivity index (χ0n) is 11.0. The molecule has 0 fully saturated rings. The van der Waals surface area contributed by atoms with E-state index in [2.05, 4.69) is 27.4 Å². The number of aryl methyl sites for hydroxylation is 1. The van der Waals surface area contributed by atoms with E-state index in [9.17, 15) is 4.39 Å². The number of benzene rings is 2. The van der Waals surface area contributed by atoms with Crippen LogP contribution < -0.4 is 11.3 Å². The summed E-state index contributed by atoms with van der Waals surface area (Å²) in [6, 6.07) is 10.8. The largest absolute Gasteiger partial charge is 0.271 e. The van der Waals surface area contributed by atoms with E-state index in [1.165, 1.54) is 6.07 Å².